The number of hydrogen-bond acceptors (Lipinski definition) is 4. The Morgan fingerprint density at radius 2 is 1.71 bits per heavy atom. The predicted octanol–water partition coefficient (Wildman–Crippen LogP) is 3.01. The van der Waals surface area contributed by atoms with Crippen molar-refractivity contribution in [1.29, 1.82) is 0 Å². The molecule has 0 rings (SSSR count). The van der Waals surface area contributed by atoms with Crippen LogP contribution in [0.1, 0.15) is 45.4 Å². The van der Waals surface area contributed by atoms with Crippen molar-refractivity contribution in [3.63, 3.8) is 0 Å². The van der Waals surface area contributed by atoms with Crippen molar-refractivity contribution >= 4 is 33.1 Å². The van der Waals surface area contributed by atoms with E-state index in [2.05, 4.69) is 36.7 Å². The van der Waals surface area contributed by atoms with E-state index in [0.717, 1.165) is 32.1 Å². The van der Waals surface area contributed by atoms with Gasteiger partial charge in [0.05, 0.1) is 10.7 Å². The maximum atomic E-state index is 10.4. The van der Waals surface area contributed by atoms with E-state index in [1.807, 2.05) is 0 Å². The molecule has 0 aromatic carbocycles. The standard InChI is InChI=1S/C9H21O4PS2.Zn/c1-2-3-6-9(15,16)7-4-5-8-13-14(10,11)12;/h15-16H,2-8H2,1H3,(H2,10,11,12);. The Labute approximate surface area is 127 Å². The Bertz CT molecular complexity index is 235. The largest absolute Gasteiger partial charge is 0.469 e. The molecular formula is C9H21O4PS2Zn. The van der Waals surface area contributed by atoms with Gasteiger partial charge in [0.1, 0.15) is 0 Å². The maximum absolute atomic E-state index is 10.4. The smallest absolute Gasteiger partial charge is 0.303 e. The van der Waals surface area contributed by atoms with E-state index in [1.54, 1.807) is 0 Å². The van der Waals surface area contributed by atoms with E-state index in [1.165, 1.54) is 0 Å². The maximum Gasteiger partial charge on any atom is 0.469 e. The molecule has 0 bridgehead atoms. The van der Waals surface area contributed by atoms with Gasteiger partial charge in [-0.25, -0.2) is 4.57 Å². The van der Waals surface area contributed by atoms with Gasteiger partial charge in [-0.05, 0) is 25.7 Å². The zero-order valence-electron chi connectivity index (χ0n) is 10.2. The summed E-state index contributed by atoms with van der Waals surface area (Å²) >= 11 is 8.90. The van der Waals surface area contributed by atoms with E-state index in [-0.39, 0.29) is 30.2 Å². The predicted molar refractivity (Wildman–Crippen MR) is 72.1 cm³/mol. The topological polar surface area (TPSA) is 66.8 Å². The van der Waals surface area contributed by atoms with Crippen LogP contribution >= 0.6 is 33.1 Å². The third-order valence-corrected chi connectivity index (χ3v) is 3.58. The Balaban J connectivity index is 0. The quantitative estimate of drug-likeness (QED) is 0.169. The van der Waals surface area contributed by atoms with Gasteiger partial charge in [-0.2, -0.15) is 25.3 Å². The molecule has 0 aliphatic carbocycles. The van der Waals surface area contributed by atoms with Gasteiger partial charge in [0.2, 0.25) is 0 Å². The molecule has 0 spiro atoms. The molecule has 4 nitrogen and oxygen atoms in total. The molecule has 100 valence electrons. The van der Waals surface area contributed by atoms with Crippen LogP contribution in [0.3, 0.4) is 0 Å². The van der Waals surface area contributed by atoms with Gasteiger partial charge in [-0.3, -0.25) is 4.52 Å². The summed E-state index contributed by atoms with van der Waals surface area (Å²) in [6, 6.07) is 0. The molecule has 8 heteroatoms. The Hall–Kier alpha value is 1.43. The summed E-state index contributed by atoms with van der Waals surface area (Å²) in [6.07, 6.45) is 5.37. The summed E-state index contributed by atoms with van der Waals surface area (Å²) in [6.45, 7) is 2.20. The van der Waals surface area contributed by atoms with Crippen LogP contribution in [-0.4, -0.2) is 20.5 Å². The molecule has 0 aromatic rings. The summed E-state index contributed by atoms with van der Waals surface area (Å²) < 4.78 is 14.4. The Morgan fingerprint density at radius 3 is 2.18 bits per heavy atom. The fourth-order valence-electron chi connectivity index (χ4n) is 1.28. The minimum absolute atomic E-state index is 0. The molecule has 0 heterocycles. The first-order valence-electron chi connectivity index (χ1n) is 5.42. The van der Waals surface area contributed by atoms with Gasteiger partial charge < -0.3 is 9.79 Å². The second-order valence-electron chi connectivity index (χ2n) is 3.87. The van der Waals surface area contributed by atoms with Crippen LogP contribution in [0.2, 0.25) is 0 Å². The fraction of sp³-hybridized carbons (Fsp3) is 1.00. The van der Waals surface area contributed by atoms with Crippen LogP contribution in [0.5, 0.6) is 0 Å². The molecule has 0 aliphatic heterocycles. The molecule has 0 unspecified atom stereocenters. The molecule has 0 radical (unpaired) electrons. The van der Waals surface area contributed by atoms with E-state index in [0.29, 0.717) is 6.42 Å². The molecule has 17 heavy (non-hydrogen) atoms. The van der Waals surface area contributed by atoms with Gasteiger partial charge in [0.15, 0.2) is 0 Å². The zero-order chi connectivity index (χ0) is 12.7. The molecule has 2 N–H and O–H groups in total. The number of rotatable bonds is 9. The summed E-state index contributed by atoms with van der Waals surface area (Å²) in [7, 11) is -4.30. The van der Waals surface area contributed by atoms with Gasteiger partial charge in [0.25, 0.3) is 0 Å². The molecule has 0 saturated carbocycles. The summed E-state index contributed by atoms with van der Waals surface area (Å²) in [4.78, 5) is 16.9. The number of hydrogen-bond donors (Lipinski definition) is 4. The molecule has 0 aliphatic rings. The third-order valence-electron chi connectivity index (χ3n) is 2.16. The Kier molecular flexibility index (Phi) is 12.5. The molecule has 0 fully saturated rings. The van der Waals surface area contributed by atoms with Gasteiger partial charge in [-0.15, -0.1) is 0 Å². The van der Waals surface area contributed by atoms with E-state index in [9.17, 15) is 4.57 Å². The molecule has 0 amide bonds. The molecule has 0 saturated heterocycles. The first kappa shape index (κ1) is 20.7. The minimum atomic E-state index is -4.30. The Morgan fingerprint density at radius 1 is 1.18 bits per heavy atom. The zero-order valence-corrected chi connectivity index (χ0v) is 15.9. The fourth-order valence-corrected chi connectivity index (χ4v) is 2.28. The van der Waals surface area contributed by atoms with E-state index >= 15 is 0 Å². The first-order valence-corrected chi connectivity index (χ1v) is 7.84. The van der Waals surface area contributed by atoms with Crippen molar-refractivity contribution < 1.29 is 38.4 Å². The van der Waals surface area contributed by atoms with Crippen molar-refractivity contribution in [2.75, 3.05) is 6.61 Å². The van der Waals surface area contributed by atoms with Crippen LogP contribution in [0.25, 0.3) is 0 Å². The van der Waals surface area contributed by atoms with Crippen LogP contribution in [-0.2, 0) is 28.6 Å². The van der Waals surface area contributed by atoms with Gasteiger partial charge in [0, 0.05) is 19.5 Å². The normalized spacial score (nSPS) is 12.3. The third kappa shape index (κ3) is 15.4. The molecule has 0 aromatic heterocycles. The first-order chi connectivity index (χ1) is 7.27. The number of phosphoric ester groups is 1. The average molecular weight is 354 g/mol. The second-order valence-corrected chi connectivity index (χ2v) is 7.17. The van der Waals surface area contributed by atoms with E-state index < -0.39 is 7.82 Å². The number of unbranched alkanes of at least 4 members (excludes halogenated alkanes) is 2. The SMILES string of the molecule is CCCCC(S)(S)CCCCOP(=O)(O)O.[Zn]. The number of thiol groups is 2. The van der Waals surface area contributed by atoms with Crippen molar-refractivity contribution in [2.24, 2.45) is 0 Å². The van der Waals surface area contributed by atoms with Gasteiger partial charge >= 0.3 is 7.82 Å². The average Bonchev–Trinajstić information content (AvgIpc) is 2.12. The monoisotopic (exact) mass is 352 g/mol. The van der Waals surface area contributed by atoms with Crippen molar-refractivity contribution in [3.05, 3.63) is 0 Å². The van der Waals surface area contributed by atoms with Crippen LogP contribution < -0.4 is 0 Å². The molecular weight excluding hydrogens is 333 g/mol. The van der Waals surface area contributed by atoms with Crippen LogP contribution in [0, 0.1) is 0 Å². The van der Waals surface area contributed by atoms with Crippen molar-refractivity contribution in [1.82, 2.24) is 0 Å². The van der Waals surface area contributed by atoms with Crippen molar-refractivity contribution in [3.8, 4) is 0 Å². The minimum Gasteiger partial charge on any atom is -0.303 e. The molecule has 0 atom stereocenters. The van der Waals surface area contributed by atoms with Crippen LogP contribution in [0.15, 0.2) is 0 Å². The van der Waals surface area contributed by atoms with Crippen LogP contribution in [0.4, 0.5) is 0 Å². The van der Waals surface area contributed by atoms with Crippen molar-refractivity contribution in [2.45, 2.75) is 49.5 Å². The second kappa shape index (κ2) is 10.2. The number of phosphoric acid groups is 1. The van der Waals surface area contributed by atoms with E-state index in [4.69, 9.17) is 9.79 Å². The summed E-state index contributed by atoms with van der Waals surface area (Å²) in [5, 5.41) is 0. The summed E-state index contributed by atoms with van der Waals surface area (Å²) in [5.41, 5.74) is 0. The van der Waals surface area contributed by atoms with Gasteiger partial charge in [-0.1, -0.05) is 19.8 Å². The summed E-state index contributed by atoms with van der Waals surface area (Å²) in [5.74, 6) is 0.